The fraction of sp³-hybridized carbons (Fsp3) is 0.357. The molecule has 2 rings (SSSR count). The van der Waals surface area contributed by atoms with Crippen LogP contribution in [0.3, 0.4) is 0 Å². The van der Waals surface area contributed by atoms with Gasteiger partial charge in [0.25, 0.3) is 5.91 Å². The number of nitrogens with one attached hydrogen (secondary N) is 2. The first-order valence-electron chi connectivity index (χ1n) is 6.48. The number of methoxy groups -OCH3 is 1. The normalized spacial score (nSPS) is 17.0. The van der Waals surface area contributed by atoms with Crippen LogP contribution in [-0.4, -0.2) is 37.5 Å². The fourth-order valence-corrected chi connectivity index (χ4v) is 1.93. The summed E-state index contributed by atoms with van der Waals surface area (Å²) in [6.45, 7) is -0.400. The van der Waals surface area contributed by atoms with E-state index >= 15 is 0 Å². The maximum Gasteiger partial charge on any atom is 0.329 e. The molecule has 0 aromatic heterocycles. The Hall–Kier alpha value is -2.57. The monoisotopic (exact) mass is 292 g/mol. The predicted octanol–water partition coefficient (Wildman–Crippen LogP) is 0.455. The quantitative estimate of drug-likeness (QED) is 0.769. The largest absolute Gasteiger partial charge is 0.497 e. The summed E-state index contributed by atoms with van der Waals surface area (Å²) in [4.78, 5) is 34.3. The molecule has 1 fully saturated rings. The molecule has 1 aromatic rings. The molecule has 0 saturated carbocycles. The first-order chi connectivity index (χ1) is 10.1. The minimum absolute atomic E-state index is 0.183. The number of ether oxygens (including phenoxy) is 2. The van der Waals surface area contributed by atoms with Crippen LogP contribution in [0.15, 0.2) is 24.3 Å². The van der Waals surface area contributed by atoms with Crippen molar-refractivity contribution in [1.82, 2.24) is 5.32 Å². The van der Waals surface area contributed by atoms with Crippen LogP contribution in [-0.2, 0) is 19.1 Å². The molecule has 1 aliphatic rings. The SMILES string of the molecule is COc1cccc(NC(=O)COC(=O)[C@H]2CCC(=O)N2)c1. The van der Waals surface area contributed by atoms with Gasteiger partial charge in [-0.3, -0.25) is 9.59 Å². The molecular weight excluding hydrogens is 276 g/mol. The molecule has 0 radical (unpaired) electrons. The van der Waals surface area contributed by atoms with Gasteiger partial charge in [0.1, 0.15) is 11.8 Å². The zero-order valence-corrected chi connectivity index (χ0v) is 11.5. The van der Waals surface area contributed by atoms with Crippen LogP contribution < -0.4 is 15.4 Å². The van der Waals surface area contributed by atoms with Crippen LogP contribution in [0.4, 0.5) is 5.69 Å². The maximum absolute atomic E-state index is 11.7. The van der Waals surface area contributed by atoms with Crippen molar-refractivity contribution in [1.29, 1.82) is 0 Å². The van der Waals surface area contributed by atoms with Crippen molar-refractivity contribution in [2.45, 2.75) is 18.9 Å². The maximum atomic E-state index is 11.7. The lowest BCUT2D eigenvalue weighted by atomic mass is 10.2. The van der Waals surface area contributed by atoms with Gasteiger partial charge < -0.3 is 20.1 Å². The van der Waals surface area contributed by atoms with E-state index < -0.39 is 24.5 Å². The summed E-state index contributed by atoms with van der Waals surface area (Å²) in [5.74, 6) is -0.626. The number of amides is 2. The topological polar surface area (TPSA) is 93.7 Å². The second kappa shape index (κ2) is 6.74. The van der Waals surface area contributed by atoms with Crippen LogP contribution in [0.5, 0.6) is 5.75 Å². The molecule has 1 heterocycles. The number of hydrogen-bond acceptors (Lipinski definition) is 5. The summed E-state index contributed by atoms with van der Waals surface area (Å²) < 4.78 is 9.90. The molecule has 1 atom stereocenters. The second-order valence-electron chi connectivity index (χ2n) is 4.55. The minimum Gasteiger partial charge on any atom is -0.497 e. The van der Waals surface area contributed by atoms with Crippen molar-refractivity contribution in [2.24, 2.45) is 0 Å². The van der Waals surface area contributed by atoms with Crippen molar-refractivity contribution in [3.05, 3.63) is 24.3 Å². The van der Waals surface area contributed by atoms with E-state index in [1.807, 2.05) is 0 Å². The molecule has 2 N–H and O–H groups in total. The summed E-state index contributed by atoms with van der Waals surface area (Å²) in [6, 6.07) is 6.17. The van der Waals surface area contributed by atoms with Gasteiger partial charge in [0.05, 0.1) is 7.11 Å². The van der Waals surface area contributed by atoms with E-state index in [0.29, 0.717) is 24.3 Å². The molecule has 1 saturated heterocycles. The molecule has 0 unspecified atom stereocenters. The first kappa shape index (κ1) is 14.8. The Morgan fingerprint density at radius 2 is 2.24 bits per heavy atom. The Balaban J connectivity index is 1.79. The standard InChI is InChI=1S/C14H16N2O5/c1-20-10-4-2-3-9(7-10)15-13(18)8-21-14(19)11-5-6-12(17)16-11/h2-4,7,11H,5-6,8H2,1H3,(H,15,18)(H,16,17)/t11-/m1/s1. The van der Waals surface area contributed by atoms with Crippen LogP contribution >= 0.6 is 0 Å². The van der Waals surface area contributed by atoms with Crippen LogP contribution in [0.2, 0.25) is 0 Å². The minimum atomic E-state index is -0.651. The van der Waals surface area contributed by atoms with E-state index in [-0.39, 0.29) is 5.91 Å². The lowest BCUT2D eigenvalue weighted by molar-refractivity contribution is -0.149. The molecule has 0 aliphatic carbocycles. The van der Waals surface area contributed by atoms with E-state index in [0.717, 1.165) is 0 Å². The average molecular weight is 292 g/mol. The molecule has 7 nitrogen and oxygen atoms in total. The molecular formula is C14H16N2O5. The molecule has 0 spiro atoms. The van der Waals surface area contributed by atoms with Crippen LogP contribution in [0.25, 0.3) is 0 Å². The highest BCUT2D eigenvalue weighted by molar-refractivity contribution is 5.94. The molecule has 21 heavy (non-hydrogen) atoms. The van der Waals surface area contributed by atoms with Gasteiger partial charge in [-0.1, -0.05) is 6.07 Å². The van der Waals surface area contributed by atoms with Crippen molar-refractivity contribution in [3.63, 3.8) is 0 Å². The lowest BCUT2D eigenvalue weighted by Gasteiger charge is -2.10. The molecule has 1 aromatic carbocycles. The Labute approximate surface area is 121 Å². The zero-order valence-electron chi connectivity index (χ0n) is 11.5. The molecule has 0 bridgehead atoms. The van der Waals surface area contributed by atoms with Crippen molar-refractivity contribution in [2.75, 3.05) is 19.0 Å². The Kier molecular flexibility index (Phi) is 4.76. The van der Waals surface area contributed by atoms with E-state index in [1.165, 1.54) is 7.11 Å². The molecule has 112 valence electrons. The molecule has 7 heteroatoms. The molecule has 1 aliphatic heterocycles. The Morgan fingerprint density at radius 3 is 2.90 bits per heavy atom. The molecule has 2 amide bonds. The summed E-state index contributed by atoms with van der Waals surface area (Å²) in [6.07, 6.45) is 0.699. The number of hydrogen-bond donors (Lipinski definition) is 2. The summed E-state index contributed by atoms with van der Waals surface area (Å²) in [5, 5.41) is 5.07. The average Bonchev–Trinajstić information content (AvgIpc) is 2.91. The van der Waals surface area contributed by atoms with Gasteiger partial charge in [0.2, 0.25) is 5.91 Å². The third kappa shape index (κ3) is 4.20. The second-order valence-corrected chi connectivity index (χ2v) is 4.55. The van der Waals surface area contributed by atoms with Gasteiger partial charge in [-0.2, -0.15) is 0 Å². The van der Waals surface area contributed by atoms with Gasteiger partial charge >= 0.3 is 5.97 Å². The number of rotatable bonds is 5. The van der Waals surface area contributed by atoms with E-state index in [4.69, 9.17) is 9.47 Å². The zero-order chi connectivity index (χ0) is 15.2. The summed E-state index contributed by atoms with van der Waals surface area (Å²) in [5.41, 5.74) is 0.546. The van der Waals surface area contributed by atoms with Crippen molar-refractivity contribution < 1.29 is 23.9 Å². The van der Waals surface area contributed by atoms with Gasteiger partial charge in [-0.15, -0.1) is 0 Å². The Morgan fingerprint density at radius 1 is 1.43 bits per heavy atom. The van der Waals surface area contributed by atoms with Gasteiger partial charge in [0.15, 0.2) is 6.61 Å². The fourth-order valence-electron chi connectivity index (χ4n) is 1.93. The third-order valence-electron chi connectivity index (χ3n) is 2.98. The number of carbonyl (C=O) groups is 3. The highest BCUT2D eigenvalue weighted by atomic mass is 16.5. The van der Waals surface area contributed by atoms with Gasteiger partial charge in [-0.25, -0.2) is 4.79 Å². The summed E-state index contributed by atoms with van der Waals surface area (Å²) in [7, 11) is 1.53. The van der Waals surface area contributed by atoms with E-state index in [9.17, 15) is 14.4 Å². The Bertz CT molecular complexity index is 558. The lowest BCUT2D eigenvalue weighted by Crippen LogP contribution is -2.36. The number of esters is 1. The van der Waals surface area contributed by atoms with E-state index in [2.05, 4.69) is 10.6 Å². The summed E-state index contributed by atoms with van der Waals surface area (Å²) >= 11 is 0. The van der Waals surface area contributed by atoms with Crippen LogP contribution in [0, 0.1) is 0 Å². The number of anilines is 1. The third-order valence-corrected chi connectivity index (χ3v) is 2.98. The smallest absolute Gasteiger partial charge is 0.329 e. The van der Waals surface area contributed by atoms with Crippen molar-refractivity contribution in [3.8, 4) is 5.75 Å². The highest BCUT2D eigenvalue weighted by Crippen LogP contribution is 2.16. The van der Waals surface area contributed by atoms with Gasteiger partial charge in [0, 0.05) is 18.2 Å². The van der Waals surface area contributed by atoms with E-state index in [1.54, 1.807) is 24.3 Å². The van der Waals surface area contributed by atoms with Gasteiger partial charge in [-0.05, 0) is 18.6 Å². The first-order valence-corrected chi connectivity index (χ1v) is 6.48. The number of benzene rings is 1. The number of carbonyl (C=O) groups excluding carboxylic acids is 3. The highest BCUT2D eigenvalue weighted by Gasteiger charge is 2.28. The predicted molar refractivity (Wildman–Crippen MR) is 73.7 cm³/mol. The van der Waals surface area contributed by atoms with Crippen LogP contribution in [0.1, 0.15) is 12.8 Å². The van der Waals surface area contributed by atoms with Crippen molar-refractivity contribution >= 4 is 23.5 Å².